The van der Waals surface area contributed by atoms with Gasteiger partial charge in [-0.05, 0) is 43.0 Å². The molecule has 2 aromatic carbocycles. The van der Waals surface area contributed by atoms with E-state index in [4.69, 9.17) is 4.74 Å². The van der Waals surface area contributed by atoms with Crippen molar-refractivity contribution in [3.05, 3.63) is 71.3 Å². The van der Waals surface area contributed by atoms with E-state index in [-0.39, 0.29) is 5.97 Å². The van der Waals surface area contributed by atoms with Crippen molar-refractivity contribution in [1.29, 1.82) is 0 Å². The van der Waals surface area contributed by atoms with E-state index in [0.717, 1.165) is 24.8 Å². The first-order valence-corrected chi connectivity index (χ1v) is 21.1. The minimum atomic E-state index is -0.805. The molecule has 0 aliphatic rings. The number of esters is 1. The van der Waals surface area contributed by atoms with Crippen molar-refractivity contribution in [3.8, 4) is 0 Å². The Hall–Kier alpha value is -2.62. The van der Waals surface area contributed by atoms with Gasteiger partial charge in [-0.3, -0.25) is 0 Å². The summed E-state index contributed by atoms with van der Waals surface area (Å²) in [5.41, 5.74) is 2.10. The number of aryl methyl sites for hydroxylation is 1. The number of hydrogen-bond acceptors (Lipinski definition) is 3. The van der Waals surface area contributed by atoms with Gasteiger partial charge in [0.15, 0.2) is 0 Å². The summed E-state index contributed by atoms with van der Waals surface area (Å²) >= 11 is 0. The normalized spacial score (nSPS) is 10.8. The molecule has 0 aromatic heterocycles. The Balaban J connectivity index is 0.000000500. The number of carbonyl (C=O) groups excluding carboxylic acids is 1. The number of unbranched alkanes of at least 4 members (excludes halogenated alkanes) is 26. The summed E-state index contributed by atoms with van der Waals surface area (Å²) in [6, 6.07) is 16.6. The second-order valence-corrected chi connectivity index (χ2v) is 14.4. The van der Waals surface area contributed by atoms with Gasteiger partial charge in [0.25, 0.3) is 0 Å². The largest absolute Gasteiger partial charge is 0.478 e. The average Bonchev–Trinajstić information content (AvgIpc) is 3.14. The summed E-state index contributed by atoms with van der Waals surface area (Å²) in [6.07, 6.45) is 38.6. The topological polar surface area (TPSA) is 63.6 Å². The lowest BCUT2D eigenvalue weighted by atomic mass is 10.00. The molecule has 4 nitrogen and oxygen atoms in total. The molecular weight excluding hydrogens is 617 g/mol. The lowest BCUT2D eigenvalue weighted by Gasteiger charge is -2.06. The smallest absolute Gasteiger partial charge is 0.338 e. The van der Waals surface area contributed by atoms with Gasteiger partial charge in [0.05, 0.1) is 17.7 Å². The molecule has 0 heterocycles. The van der Waals surface area contributed by atoms with Gasteiger partial charge in [-0.25, -0.2) is 9.59 Å². The summed E-state index contributed by atoms with van der Waals surface area (Å²) in [5, 5.41) is 9.18. The highest BCUT2D eigenvalue weighted by molar-refractivity contribution is 5.89. The minimum absolute atomic E-state index is 0.199. The molecule has 1 N–H and O–H groups in total. The zero-order chi connectivity index (χ0) is 36.2. The highest BCUT2D eigenvalue weighted by atomic mass is 16.5. The lowest BCUT2D eigenvalue weighted by molar-refractivity contribution is 0.0497. The van der Waals surface area contributed by atoms with E-state index in [9.17, 15) is 14.7 Å². The van der Waals surface area contributed by atoms with Gasteiger partial charge < -0.3 is 9.84 Å². The molecule has 284 valence electrons. The van der Waals surface area contributed by atoms with Crippen molar-refractivity contribution in [2.24, 2.45) is 0 Å². The third kappa shape index (κ3) is 27.1. The zero-order valence-electron chi connectivity index (χ0n) is 32.6. The maximum absolute atomic E-state index is 11.8. The fraction of sp³-hybridized carbons (Fsp3) is 0.696. The van der Waals surface area contributed by atoms with Crippen LogP contribution in [0, 0.1) is 0 Å². The van der Waals surface area contributed by atoms with Crippen LogP contribution >= 0.6 is 0 Å². The second kappa shape index (κ2) is 34.8. The standard InChI is InChI=1S/2C23H38O2/c1-2-3-4-5-6-7-8-9-10-11-12-13-14-18-21-25-23(24)22-19-16-15-17-20-22;1-2-3-4-5-6-7-8-9-10-11-12-13-14-15-18-21-19-16-17-20-22(21)23(24)25/h15-17,19-20H,2-14,18,21H2,1H3;16-17,19-20H,2-15,18H2,1H3,(H,24,25). The highest BCUT2D eigenvalue weighted by Gasteiger charge is 2.08. The summed E-state index contributed by atoms with van der Waals surface area (Å²) in [4.78, 5) is 22.9. The van der Waals surface area contributed by atoms with Crippen LogP contribution < -0.4 is 0 Å². The predicted molar refractivity (Wildman–Crippen MR) is 214 cm³/mol. The molecule has 0 atom stereocenters. The SMILES string of the molecule is CCCCCCCCCCCCCCCCOC(=O)c1ccccc1.CCCCCCCCCCCCCCCCc1ccccc1C(=O)O. The molecule has 2 rings (SSSR count). The van der Waals surface area contributed by atoms with Crippen molar-refractivity contribution in [2.45, 2.75) is 200 Å². The quantitative estimate of drug-likeness (QED) is 0.0612. The van der Waals surface area contributed by atoms with Crippen LogP contribution in [0.3, 0.4) is 0 Å². The van der Waals surface area contributed by atoms with Crippen LogP contribution in [0.2, 0.25) is 0 Å². The summed E-state index contributed by atoms with van der Waals surface area (Å²) in [7, 11) is 0. The third-order valence-electron chi connectivity index (χ3n) is 9.79. The van der Waals surface area contributed by atoms with Crippen LogP contribution in [-0.2, 0) is 11.2 Å². The van der Waals surface area contributed by atoms with E-state index >= 15 is 0 Å². The Morgan fingerprint density at radius 2 is 0.820 bits per heavy atom. The predicted octanol–water partition coefficient (Wildman–Crippen LogP) is 14.7. The average molecular weight is 693 g/mol. The number of carboxylic acid groups (broad SMARTS) is 1. The first-order valence-electron chi connectivity index (χ1n) is 21.1. The number of aromatic carboxylic acids is 1. The van der Waals surface area contributed by atoms with Gasteiger partial charge in [0.2, 0.25) is 0 Å². The molecule has 0 fully saturated rings. The van der Waals surface area contributed by atoms with Crippen molar-refractivity contribution in [3.63, 3.8) is 0 Å². The molecule has 0 aliphatic heterocycles. The molecule has 4 heteroatoms. The Labute approximate surface area is 308 Å². The molecule has 0 saturated heterocycles. The van der Waals surface area contributed by atoms with E-state index in [1.807, 2.05) is 30.3 Å². The zero-order valence-corrected chi connectivity index (χ0v) is 32.6. The van der Waals surface area contributed by atoms with Crippen molar-refractivity contribution >= 4 is 11.9 Å². The lowest BCUT2D eigenvalue weighted by Crippen LogP contribution is -2.06. The molecule has 2 aromatic rings. The Morgan fingerprint density at radius 3 is 1.24 bits per heavy atom. The van der Waals surface area contributed by atoms with E-state index in [2.05, 4.69) is 13.8 Å². The van der Waals surface area contributed by atoms with Gasteiger partial charge in [-0.2, -0.15) is 0 Å². The maximum Gasteiger partial charge on any atom is 0.338 e. The fourth-order valence-corrected chi connectivity index (χ4v) is 6.58. The Bertz CT molecular complexity index is 1030. The summed E-state index contributed by atoms with van der Waals surface area (Å²) < 4.78 is 5.30. The van der Waals surface area contributed by atoms with Crippen LogP contribution in [0.15, 0.2) is 54.6 Å². The van der Waals surface area contributed by atoms with Gasteiger partial charge in [0.1, 0.15) is 0 Å². The van der Waals surface area contributed by atoms with Crippen LogP contribution in [0.25, 0.3) is 0 Å². The molecule has 0 unspecified atom stereocenters. The fourth-order valence-electron chi connectivity index (χ4n) is 6.58. The first-order chi connectivity index (χ1) is 24.6. The highest BCUT2D eigenvalue weighted by Crippen LogP contribution is 2.16. The number of carbonyl (C=O) groups is 2. The molecule has 50 heavy (non-hydrogen) atoms. The molecule has 0 amide bonds. The first kappa shape index (κ1) is 45.4. The van der Waals surface area contributed by atoms with Gasteiger partial charge in [0, 0.05) is 0 Å². The molecular formula is C46H76O4. The van der Waals surface area contributed by atoms with Crippen molar-refractivity contribution in [1.82, 2.24) is 0 Å². The summed E-state index contributed by atoms with van der Waals surface area (Å²) in [6.45, 7) is 5.10. The molecule has 0 aliphatic carbocycles. The van der Waals surface area contributed by atoms with E-state index < -0.39 is 5.97 Å². The van der Waals surface area contributed by atoms with Gasteiger partial charge in [-0.1, -0.05) is 217 Å². The number of rotatable bonds is 32. The Morgan fingerprint density at radius 1 is 0.460 bits per heavy atom. The molecule has 0 bridgehead atoms. The third-order valence-corrected chi connectivity index (χ3v) is 9.79. The van der Waals surface area contributed by atoms with Crippen molar-refractivity contribution < 1.29 is 19.4 Å². The Kier molecular flexibility index (Phi) is 31.6. The van der Waals surface area contributed by atoms with E-state index in [1.54, 1.807) is 24.3 Å². The van der Waals surface area contributed by atoms with Crippen LogP contribution in [0.4, 0.5) is 0 Å². The number of ether oxygens (including phenoxy) is 1. The maximum atomic E-state index is 11.8. The van der Waals surface area contributed by atoms with E-state index in [0.29, 0.717) is 17.7 Å². The molecule has 0 spiro atoms. The molecule has 0 radical (unpaired) electrons. The minimum Gasteiger partial charge on any atom is -0.478 e. The van der Waals surface area contributed by atoms with Crippen LogP contribution in [-0.4, -0.2) is 23.7 Å². The second-order valence-electron chi connectivity index (χ2n) is 14.4. The van der Waals surface area contributed by atoms with Crippen LogP contribution in [0.1, 0.15) is 220 Å². The number of benzene rings is 2. The number of carboxylic acids is 1. The van der Waals surface area contributed by atoms with Crippen LogP contribution in [0.5, 0.6) is 0 Å². The van der Waals surface area contributed by atoms with Gasteiger partial charge >= 0.3 is 11.9 Å². The number of hydrogen-bond donors (Lipinski definition) is 1. The van der Waals surface area contributed by atoms with Gasteiger partial charge in [-0.15, -0.1) is 0 Å². The molecule has 0 saturated carbocycles. The van der Waals surface area contributed by atoms with E-state index in [1.165, 1.54) is 167 Å². The van der Waals surface area contributed by atoms with Crippen molar-refractivity contribution in [2.75, 3.05) is 6.61 Å². The monoisotopic (exact) mass is 693 g/mol. The summed E-state index contributed by atoms with van der Waals surface area (Å²) in [5.74, 6) is -1.00.